The van der Waals surface area contributed by atoms with Crippen molar-refractivity contribution in [3.8, 4) is 0 Å². The Bertz CT molecular complexity index is 1750. The summed E-state index contributed by atoms with van der Waals surface area (Å²) in [5.41, 5.74) is 0. The summed E-state index contributed by atoms with van der Waals surface area (Å²) < 4.78 is 16.7. The van der Waals surface area contributed by atoms with E-state index in [2.05, 4.69) is 106 Å². The molecule has 0 aliphatic rings. The number of carbonyl (C=O) groups is 3. The highest BCUT2D eigenvalue weighted by molar-refractivity contribution is 5.71. The van der Waals surface area contributed by atoms with Gasteiger partial charge in [-0.25, -0.2) is 0 Å². The molecule has 6 heteroatoms. The van der Waals surface area contributed by atoms with Gasteiger partial charge in [0.25, 0.3) is 0 Å². The van der Waals surface area contributed by atoms with Crippen molar-refractivity contribution in [3.05, 3.63) is 194 Å². The van der Waals surface area contributed by atoms with Gasteiger partial charge in [0, 0.05) is 19.3 Å². The quantitative estimate of drug-likeness (QED) is 0.0199. The van der Waals surface area contributed by atoms with E-state index in [1.807, 2.05) is 109 Å². The molecule has 0 heterocycles. The van der Waals surface area contributed by atoms with Crippen LogP contribution in [0.1, 0.15) is 162 Å². The summed E-state index contributed by atoms with van der Waals surface area (Å²) in [6.45, 7) is 6.09. The van der Waals surface area contributed by atoms with E-state index in [0.29, 0.717) is 12.8 Å². The van der Waals surface area contributed by atoms with Gasteiger partial charge in [0.2, 0.25) is 0 Å². The van der Waals surface area contributed by atoms with Crippen LogP contribution < -0.4 is 0 Å². The first kappa shape index (κ1) is 63.2. The molecule has 0 amide bonds. The first-order chi connectivity index (χ1) is 34.0. The maximum absolute atomic E-state index is 12.8. The highest BCUT2D eigenvalue weighted by Crippen LogP contribution is 2.11. The Balaban J connectivity index is 4.67. The molecule has 0 rings (SSSR count). The third kappa shape index (κ3) is 53.1. The van der Waals surface area contributed by atoms with Crippen molar-refractivity contribution in [3.63, 3.8) is 0 Å². The molecule has 1 unspecified atom stereocenters. The third-order valence-electron chi connectivity index (χ3n) is 9.86. The standard InChI is InChI=1S/C63H90O6/c1-4-7-10-13-16-19-22-25-28-30-31-33-35-38-41-44-47-50-53-56-62(65)68-59-60(58-67-61(64)55-52-49-46-43-40-37-34-27-24-21-18-15-12-9-6-3)69-63(66)57-54-51-48-45-42-39-36-32-29-26-23-20-17-14-11-8-5-2/h7-12,14-21,23-29,31-34,36-42,60H,4-6,13,22,30,35,43-59H2,1-3H3/b10-7-,11-8-,12-9-,17-14-,18-15-,19-16-,23-20-,24-21-,28-25-,29-26-,33-31-,34-27-,36-32+,40-37-,41-38-,42-39-. The van der Waals surface area contributed by atoms with E-state index in [1.54, 1.807) is 0 Å². The number of hydrogen-bond acceptors (Lipinski definition) is 6. The Morgan fingerprint density at radius 3 is 0.957 bits per heavy atom. The topological polar surface area (TPSA) is 78.9 Å². The Hall–Kier alpha value is -5.75. The number of hydrogen-bond donors (Lipinski definition) is 0. The smallest absolute Gasteiger partial charge is 0.306 e. The van der Waals surface area contributed by atoms with Crippen molar-refractivity contribution in [2.45, 2.75) is 168 Å². The molecule has 0 aromatic carbocycles. The molecule has 0 fully saturated rings. The molecular weight excluding hydrogens is 853 g/mol. The third-order valence-corrected chi connectivity index (χ3v) is 9.86. The van der Waals surface area contributed by atoms with E-state index in [1.165, 1.54) is 0 Å². The van der Waals surface area contributed by atoms with Crippen LogP contribution >= 0.6 is 0 Å². The van der Waals surface area contributed by atoms with Gasteiger partial charge in [-0.15, -0.1) is 0 Å². The Morgan fingerprint density at radius 1 is 0.304 bits per heavy atom. The fraction of sp³-hybridized carbons (Fsp3) is 0.444. The van der Waals surface area contributed by atoms with Crippen molar-refractivity contribution in [1.29, 1.82) is 0 Å². The van der Waals surface area contributed by atoms with Gasteiger partial charge in [0.1, 0.15) is 13.2 Å². The Kier molecular flexibility index (Phi) is 50.3. The second-order valence-corrected chi connectivity index (χ2v) is 16.2. The molecule has 0 saturated carbocycles. The fourth-order valence-electron chi connectivity index (χ4n) is 6.05. The van der Waals surface area contributed by atoms with Crippen LogP contribution in [-0.4, -0.2) is 37.2 Å². The number of rotatable bonds is 43. The van der Waals surface area contributed by atoms with Crippen molar-refractivity contribution in [2.24, 2.45) is 0 Å². The summed E-state index contributed by atoms with van der Waals surface area (Å²) >= 11 is 0. The maximum atomic E-state index is 12.8. The van der Waals surface area contributed by atoms with Crippen LogP contribution in [0.4, 0.5) is 0 Å². The number of carbonyl (C=O) groups excluding carboxylic acids is 3. The predicted octanol–water partition coefficient (Wildman–Crippen LogP) is 17.5. The lowest BCUT2D eigenvalue weighted by atomic mass is 10.1. The highest BCUT2D eigenvalue weighted by Gasteiger charge is 2.19. The molecule has 69 heavy (non-hydrogen) atoms. The van der Waals surface area contributed by atoms with Gasteiger partial charge in [-0.2, -0.15) is 0 Å². The molecule has 378 valence electrons. The summed E-state index contributed by atoms with van der Waals surface area (Å²) in [4.78, 5) is 38.1. The van der Waals surface area contributed by atoms with E-state index in [9.17, 15) is 14.4 Å². The average molecular weight is 943 g/mol. The fourth-order valence-corrected chi connectivity index (χ4v) is 6.05. The minimum Gasteiger partial charge on any atom is -0.462 e. The van der Waals surface area contributed by atoms with Crippen molar-refractivity contribution in [2.75, 3.05) is 13.2 Å². The van der Waals surface area contributed by atoms with E-state index >= 15 is 0 Å². The molecule has 0 bridgehead atoms. The van der Waals surface area contributed by atoms with E-state index in [-0.39, 0.29) is 50.4 Å². The van der Waals surface area contributed by atoms with Gasteiger partial charge in [0.15, 0.2) is 6.10 Å². The SMILES string of the molecule is CC\C=C/C=C\C=C/C=C\C=C/CCCCCC(=O)OCC(COC(=O)CCCCC/C=C\C/C=C\C/C=C\C/C=C\C/C=C\CC)OC(=O)CCCCC\C=C/C=C/C=C\C=C/C=C\C=C/CC. The lowest BCUT2D eigenvalue weighted by Crippen LogP contribution is -2.30. The highest BCUT2D eigenvalue weighted by atomic mass is 16.6. The second-order valence-electron chi connectivity index (χ2n) is 16.2. The van der Waals surface area contributed by atoms with Crippen LogP contribution in [0.25, 0.3) is 0 Å². The molecule has 0 saturated heterocycles. The zero-order valence-electron chi connectivity index (χ0n) is 43.0. The monoisotopic (exact) mass is 943 g/mol. The van der Waals surface area contributed by atoms with Crippen LogP contribution in [0.2, 0.25) is 0 Å². The number of allylic oxidation sites excluding steroid dienone is 32. The molecule has 0 aliphatic carbocycles. The minimum atomic E-state index is -0.846. The Morgan fingerprint density at radius 2 is 0.594 bits per heavy atom. The van der Waals surface area contributed by atoms with Gasteiger partial charge < -0.3 is 14.2 Å². The van der Waals surface area contributed by atoms with Crippen molar-refractivity contribution in [1.82, 2.24) is 0 Å². The molecule has 0 aromatic heterocycles. The first-order valence-electron chi connectivity index (χ1n) is 26.1. The molecule has 0 aromatic rings. The van der Waals surface area contributed by atoms with Gasteiger partial charge >= 0.3 is 17.9 Å². The summed E-state index contributed by atoms with van der Waals surface area (Å²) in [5.74, 6) is -1.08. The van der Waals surface area contributed by atoms with E-state index < -0.39 is 6.10 Å². The number of ether oxygens (including phenoxy) is 3. The van der Waals surface area contributed by atoms with Crippen LogP contribution in [0.15, 0.2) is 194 Å². The van der Waals surface area contributed by atoms with Crippen LogP contribution in [-0.2, 0) is 28.6 Å². The molecule has 1 atom stereocenters. The molecule has 0 spiro atoms. The summed E-state index contributed by atoms with van der Waals surface area (Å²) in [6, 6.07) is 0. The summed E-state index contributed by atoms with van der Waals surface area (Å²) in [7, 11) is 0. The number of esters is 3. The zero-order valence-corrected chi connectivity index (χ0v) is 43.0. The lowest BCUT2D eigenvalue weighted by Gasteiger charge is -2.18. The normalized spacial score (nSPS) is 13.7. The van der Waals surface area contributed by atoms with Crippen LogP contribution in [0.5, 0.6) is 0 Å². The van der Waals surface area contributed by atoms with Gasteiger partial charge in [-0.3, -0.25) is 14.4 Å². The van der Waals surface area contributed by atoms with Crippen LogP contribution in [0, 0.1) is 0 Å². The number of unbranched alkanes of at least 4 members (excludes halogenated alkanes) is 9. The lowest BCUT2D eigenvalue weighted by molar-refractivity contribution is -0.167. The molecule has 0 radical (unpaired) electrons. The van der Waals surface area contributed by atoms with Gasteiger partial charge in [-0.05, 0) is 103 Å². The summed E-state index contributed by atoms with van der Waals surface area (Å²) in [6.07, 6.45) is 84.1. The van der Waals surface area contributed by atoms with Crippen molar-refractivity contribution >= 4 is 17.9 Å². The first-order valence-corrected chi connectivity index (χ1v) is 26.1. The minimum absolute atomic E-state index is 0.140. The molecule has 6 nitrogen and oxygen atoms in total. The second kappa shape index (κ2) is 54.9. The van der Waals surface area contributed by atoms with E-state index in [0.717, 1.165) is 109 Å². The molecule has 0 N–H and O–H groups in total. The zero-order chi connectivity index (χ0) is 50.0. The van der Waals surface area contributed by atoms with E-state index in [4.69, 9.17) is 14.2 Å². The van der Waals surface area contributed by atoms with Crippen molar-refractivity contribution < 1.29 is 28.6 Å². The molecular formula is C63H90O6. The van der Waals surface area contributed by atoms with Gasteiger partial charge in [0.05, 0.1) is 0 Å². The predicted molar refractivity (Wildman–Crippen MR) is 297 cm³/mol. The Labute approximate surface area is 420 Å². The summed E-state index contributed by atoms with van der Waals surface area (Å²) in [5, 5.41) is 0. The largest absolute Gasteiger partial charge is 0.462 e. The molecule has 0 aliphatic heterocycles. The maximum Gasteiger partial charge on any atom is 0.306 e. The average Bonchev–Trinajstić information content (AvgIpc) is 3.35. The van der Waals surface area contributed by atoms with Crippen LogP contribution in [0.3, 0.4) is 0 Å². The van der Waals surface area contributed by atoms with Gasteiger partial charge in [-0.1, -0.05) is 234 Å².